The zero-order chi connectivity index (χ0) is 17.6. The van der Waals surface area contributed by atoms with Crippen LogP contribution in [0.5, 0.6) is 0 Å². The second kappa shape index (κ2) is 8.41. The number of carbonyl (C=O) groups is 1. The topological polar surface area (TPSA) is 46.5 Å². The largest absolute Gasteiger partial charge is 0.463 e. The van der Waals surface area contributed by atoms with Crippen LogP contribution in [0.2, 0.25) is 11.1 Å². The fourth-order valence-corrected chi connectivity index (χ4v) is 5.68. The van der Waals surface area contributed by atoms with Crippen molar-refractivity contribution in [2.45, 2.75) is 51.7 Å². The fourth-order valence-electron chi connectivity index (χ4n) is 2.62. The molecule has 3 nitrogen and oxygen atoms in total. The van der Waals surface area contributed by atoms with Crippen LogP contribution in [0.3, 0.4) is 0 Å². The third kappa shape index (κ3) is 5.29. The minimum atomic E-state index is -2.59. The molecule has 0 saturated heterocycles. The highest BCUT2D eigenvalue weighted by Crippen LogP contribution is 2.33. The Bertz CT molecular complexity index is 559. The van der Waals surface area contributed by atoms with Crippen molar-refractivity contribution < 1.29 is 18.7 Å². The van der Waals surface area contributed by atoms with Gasteiger partial charge in [0, 0.05) is 6.08 Å². The molecule has 0 aliphatic carbocycles. The van der Waals surface area contributed by atoms with E-state index in [-0.39, 0.29) is 16.9 Å². The lowest BCUT2D eigenvalue weighted by Crippen LogP contribution is -2.44. The Morgan fingerprint density at radius 3 is 2.43 bits per heavy atom. The van der Waals surface area contributed by atoms with Crippen LogP contribution in [0, 0.1) is 5.82 Å². The SMILES string of the molecule is CCOC(=O)/C=C/c1ccc(F)cc1C[Si](O)(C(C)C)C(C)C. The summed E-state index contributed by atoms with van der Waals surface area (Å²) in [5, 5.41) is 0. The standard InChI is InChI=1S/C18H27FO3Si/c1-6-22-18(20)10-8-15-7-9-17(19)11-16(15)12-23(21,13(2)3)14(4)5/h7-11,13-14,21H,6,12H2,1-5H3/b10-8+. The summed E-state index contributed by atoms with van der Waals surface area (Å²) >= 11 is 0. The molecule has 23 heavy (non-hydrogen) atoms. The van der Waals surface area contributed by atoms with Gasteiger partial charge in [-0.3, -0.25) is 0 Å². The van der Waals surface area contributed by atoms with Gasteiger partial charge >= 0.3 is 5.97 Å². The predicted octanol–water partition coefficient (Wildman–Crippen LogP) is 4.24. The third-order valence-electron chi connectivity index (χ3n) is 4.26. The van der Waals surface area contributed by atoms with Crippen molar-refractivity contribution in [3.05, 3.63) is 41.2 Å². The van der Waals surface area contributed by atoms with Crippen LogP contribution in [0.4, 0.5) is 4.39 Å². The van der Waals surface area contributed by atoms with Crippen molar-refractivity contribution in [1.29, 1.82) is 0 Å². The highest BCUT2D eigenvalue weighted by molar-refractivity contribution is 6.74. The van der Waals surface area contributed by atoms with Crippen LogP contribution in [0.25, 0.3) is 6.08 Å². The maximum atomic E-state index is 13.7. The van der Waals surface area contributed by atoms with E-state index < -0.39 is 14.3 Å². The molecule has 0 bridgehead atoms. The maximum absolute atomic E-state index is 13.7. The summed E-state index contributed by atoms with van der Waals surface area (Å²) in [6.07, 6.45) is 2.97. The number of benzene rings is 1. The van der Waals surface area contributed by atoms with Gasteiger partial charge in [-0.25, -0.2) is 9.18 Å². The number of hydrogen-bond donors (Lipinski definition) is 1. The van der Waals surface area contributed by atoms with Gasteiger partial charge in [0.15, 0.2) is 8.32 Å². The molecule has 0 fully saturated rings. The highest BCUT2D eigenvalue weighted by Gasteiger charge is 2.39. The van der Waals surface area contributed by atoms with E-state index in [1.807, 2.05) is 27.7 Å². The summed E-state index contributed by atoms with van der Waals surface area (Å²) in [4.78, 5) is 22.6. The monoisotopic (exact) mass is 338 g/mol. The Morgan fingerprint density at radius 2 is 1.91 bits per heavy atom. The van der Waals surface area contributed by atoms with Crippen LogP contribution in [0.1, 0.15) is 45.7 Å². The van der Waals surface area contributed by atoms with Crippen molar-refractivity contribution in [3.8, 4) is 0 Å². The molecule has 5 heteroatoms. The number of hydrogen-bond acceptors (Lipinski definition) is 3. The van der Waals surface area contributed by atoms with E-state index in [0.717, 1.165) is 11.1 Å². The minimum absolute atomic E-state index is 0.160. The van der Waals surface area contributed by atoms with E-state index in [2.05, 4.69) is 0 Å². The van der Waals surface area contributed by atoms with E-state index in [1.54, 1.807) is 19.1 Å². The molecule has 0 aliphatic rings. The lowest BCUT2D eigenvalue weighted by molar-refractivity contribution is -0.137. The first-order valence-corrected chi connectivity index (χ1v) is 10.4. The molecule has 0 unspecified atom stereocenters. The molecule has 0 aliphatic heterocycles. The molecule has 0 radical (unpaired) electrons. The molecule has 1 rings (SSSR count). The van der Waals surface area contributed by atoms with Gasteiger partial charge in [0.1, 0.15) is 5.82 Å². The molecular weight excluding hydrogens is 311 g/mol. The smallest absolute Gasteiger partial charge is 0.330 e. The molecular formula is C18H27FO3Si. The summed E-state index contributed by atoms with van der Waals surface area (Å²) in [7, 11) is -2.59. The Morgan fingerprint density at radius 1 is 1.30 bits per heavy atom. The van der Waals surface area contributed by atoms with E-state index in [1.165, 1.54) is 18.2 Å². The van der Waals surface area contributed by atoms with Crippen molar-refractivity contribution in [2.24, 2.45) is 0 Å². The van der Waals surface area contributed by atoms with Gasteiger partial charge in [0.2, 0.25) is 0 Å². The third-order valence-corrected chi connectivity index (χ3v) is 9.21. The summed E-state index contributed by atoms with van der Waals surface area (Å²) in [6.45, 7) is 10.1. The van der Waals surface area contributed by atoms with Gasteiger partial charge in [0.05, 0.1) is 6.61 Å². The first-order valence-electron chi connectivity index (χ1n) is 8.06. The molecule has 0 amide bonds. The molecule has 0 spiro atoms. The molecule has 1 N–H and O–H groups in total. The Hall–Kier alpha value is -1.46. The lowest BCUT2D eigenvalue weighted by Gasteiger charge is -2.33. The quantitative estimate of drug-likeness (QED) is 0.459. The minimum Gasteiger partial charge on any atom is -0.463 e. The number of halogens is 1. The average Bonchev–Trinajstić information content (AvgIpc) is 2.46. The summed E-state index contributed by atoms with van der Waals surface area (Å²) in [6, 6.07) is 4.91. The van der Waals surface area contributed by atoms with Crippen LogP contribution >= 0.6 is 0 Å². The summed E-state index contributed by atoms with van der Waals surface area (Å²) in [5.41, 5.74) is 1.80. The Labute approximate surface area is 139 Å². The molecule has 0 saturated carbocycles. The van der Waals surface area contributed by atoms with Gasteiger partial charge in [-0.15, -0.1) is 0 Å². The number of ether oxygens (including phenoxy) is 1. The first kappa shape index (κ1) is 19.6. The van der Waals surface area contributed by atoms with Crippen molar-refractivity contribution >= 4 is 20.4 Å². The van der Waals surface area contributed by atoms with Gasteiger partial charge in [-0.2, -0.15) is 0 Å². The van der Waals surface area contributed by atoms with E-state index in [4.69, 9.17) is 4.74 Å². The zero-order valence-electron chi connectivity index (χ0n) is 14.6. The lowest BCUT2D eigenvalue weighted by atomic mass is 10.1. The number of carbonyl (C=O) groups excluding carboxylic acids is 1. The summed E-state index contributed by atoms with van der Waals surface area (Å²) < 4.78 is 18.5. The van der Waals surface area contributed by atoms with Crippen LogP contribution < -0.4 is 0 Å². The molecule has 1 aromatic carbocycles. The molecule has 0 heterocycles. The van der Waals surface area contributed by atoms with E-state index in [0.29, 0.717) is 12.7 Å². The first-order chi connectivity index (χ1) is 10.7. The maximum Gasteiger partial charge on any atom is 0.330 e. The Balaban J connectivity index is 3.15. The Kier molecular flexibility index (Phi) is 7.16. The van der Waals surface area contributed by atoms with Gasteiger partial charge in [-0.1, -0.05) is 33.8 Å². The molecule has 0 aromatic heterocycles. The molecule has 0 atom stereocenters. The van der Waals surface area contributed by atoms with Crippen molar-refractivity contribution in [3.63, 3.8) is 0 Å². The highest BCUT2D eigenvalue weighted by atomic mass is 28.4. The fraction of sp³-hybridized carbons (Fsp3) is 0.500. The zero-order valence-corrected chi connectivity index (χ0v) is 15.6. The van der Waals surface area contributed by atoms with Gasteiger partial charge < -0.3 is 9.53 Å². The summed E-state index contributed by atoms with van der Waals surface area (Å²) in [5.74, 6) is -0.764. The van der Waals surface area contributed by atoms with Gasteiger partial charge in [0.25, 0.3) is 0 Å². The van der Waals surface area contributed by atoms with Crippen molar-refractivity contribution in [2.75, 3.05) is 6.61 Å². The molecule has 1 aromatic rings. The van der Waals surface area contributed by atoms with Gasteiger partial charge in [-0.05, 0) is 53.4 Å². The van der Waals surface area contributed by atoms with Crippen LogP contribution in [-0.2, 0) is 15.6 Å². The number of esters is 1. The van der Waals surface area contributed by atoms with Crippen LogP contribution in [-0.4, -0.2) is 25.7 Å². The van der Waals surface area contributed by atoms with Crippen molar-refractivity contribution in [1.82, 2.24) is 0 Å². The second-order valence-corrected chi connectivity index (χ2v) is 11.1. The number of rotatable bonds is 7. The van der Waals surface area contributed by atoms with Crippen LogP contribution in [0.15, 0.2) is 24.3 Å². The average molecular weight is 338 g/mol. The van der Waals surface area contributed by atoms with E-state index in [9.17, 15) is 14.0 Å². The molecule has 128 valence electrons. The van der Waals surface area contributed by atoms with E-state index >= 15 is 0 Å². The predicted molar refractivity (Wildman–Crippen MR) is 93.9 cm³/mol. The second-order valence-electron chi connectivity index (χ2n) is 6.41. The normalized spacial score (nSPS) is 12.4.